The van der Waals surface area contributed by atoms with Gasteiger partial charge in [0.1, 0.15) is 29.7 Å². The van der Waals surface area contributed by atoms with E-state index in [4.69, 9.17) is 20.6 Å². The molecule has 8 nitrogen and oxygen atoms in total. The number of carbonyl (C=O) groups is 2. The van der Waals surface area contributed by atoms with Crippen molar-refractivity contribution in [3.8, 4) is 17.2 Å². The van der Waals surface area contributed by atoms with Crippen molar-refractivity contribution < 1.29 is 37.0 Å². The van der Waals surface area contributed by atoms with Crippen molar-refractivity contribution in [3.05, 3.63) is 53.6 Å². The standard InChI is InChI=1S/C24H26F3N3O5/c25-24(26,27)23(32)35-20-14-18(34-16-6-2-1-3-7-16)9-10-19(20)22(31)30-11-12-33-17-8-4-5-15(13-17)21(28)29/h4-5,8-10,13-14,16H,1-3,6-7,11-12H2,(H3,28,29)(H,30,31). The molecule has 0 heterocycles. The topological polar surface area (TPSA) is 124 Å². The maximum absolute atomic E-state index is 12.8. The number of esters is 1. The molecule has 0 unspecified atom stereocenters. The van der Waals surface area contributed by atoms with Crippen LogP contribution in [-0.4, -0.2) is 43.1 Å². The predicted octanol–water partition coefficient (Wildman–Crippen LogP) is 3.96. The zero-order valence-corrected chi connectivity index (χ0v) is 18.8. The molecule has 0 aliphatic heterocycles. The smallest absolute Gasteiger partial charge is 0.491 e. The van der Waals surface area contributed by atoms with Gasteiger partial charge in [0.15, 0.2) is 0 Å². The molecule has 1 fully saturated rings. The van der Waals surface area contributed by atoms with Crippen molar-refractivity contribution in [2.24, 2.45) is 5.73 Å². The van der Waals surface area contributed by atoms with E-state index >= 15 is 0 Å². The summed E-state index contributed by atoms with van der Waals surface area (Å²) in [6.45, 7) is 0.0454. The quantitative estimate of drug-likeness (QED) is 0.160. The molecule has 0 saturated heterocycles. The first kappa shape index (κ1) is 25.9. The van der Waals surface area contributed by atoms with Crippen LogP contribution in [0.1, 0.15) is 48.0 Å². The van der Waals surface area contributed by atoms with E-state index in [1.54, 1.807) is 24.3 Å². The van der Waals surface area contributed by atoms with Crippen LogP contribution in [0.3, 0.4) is 0 Å². The van der Waals surface area contributed by atoms with Crippen molar-refractivity contribution in [1.29, 1.82) is 5.41 Å². The lowest BCUT2D eigenvalue weighted by molar-refractivity contribution is -0.189. The van der Waals surface area contributed by atoms with Gasteiger partial charge < -0.3 is 25.3 Å². The number of hydrogen-bond acceptors (Lipinski definition) is 6. The van der Waals surface area contributed by atoms with E-state index in [9.17, 15) is 22.8 Å². The first-order valence-electron chi connectivity index (χ1n) is 11.1. The van der Waals surface area contributed by atoms with E-state index in [0.717, 1.165) is 38.2 Å². The normalized spacial score (nSPS) is 14.1. The van der Waals surface area contributed by atoms with Crippen molar-refractivity contribution in [1.82, 2.24) is 5.32 Å². The zero-order chi connectivity index (χ0) is 25.4. The minimum absolute atomic E-state index is 0.0100. The van der Waals surface area contributed by atoms with Gasteiger partial charge in [-0.3, -0.25) is 10.2 Å². The van der Waals surface area contributed by atoms with Crippen LogP contribution in [0.15, 0.2) is 42.5 Å². The maximum Gasteiger partial charge on any atom is 0.491 e. The van der Waals surface area contributed by atoms with Gasteiger partial charge in [-0.05, 0) is 49.9 Å². The minimum Gasteiger partial charge on any atom is -0.492 e. The second-order valence-electron chi connectivity index (χ2n) is 7.97. The molecule has 1 aliphatic carbocycles. The second kappa shape index (κ2) is 11.6. The van der Waals surface area contributed by atoms with Crippen molar-refractivity contribution in [2.75, 3.05) is 13.2 Å². The molecule has 1 amide bonds. The first-order chi connectivity index (χ1) is 16.6. The largest absolute Gasteiger partial charge is 0.492 e. The number of amides is 1. The van der Waals surface area contributed by atoms with E-state index in [2.05, 4.69) is 10.1 Å². The monoisotopic (exact) mass is 493 g/mol. The summed E-state index contributed by atoms with van der Waals surface area (Å²) in [7, 11) is 0. The lowest BCUT2D eigenvalue weighted by Crippen LogP contribution is -2.31. The number of nitrogen functional groups attached to an aromatic ring is 1. The fourth-order valence-electron chi connectivity index (χ4n) is 3.56. The fourth-order valence-corrected chi connectivity index (χ4v) is 3.56. The molecule has 0 spiro atoms. The summed E-state index contributed by atoms with van der Waals surface area (Å²) in [5.41, 5.74) is 5.65. The van der Waals surface area contributed by atoms with Crippen LogP contribution in [0.5, 0.6) is 17.2 Å². The number of halogens is 3. The Bertz CT molecular complexity index is 1070. The van der Waals surface area contributed by atoms with Crippen LogP contribution in [0.2, 0.25) is 0 Å². The van der Waals surface area contributed by atoms with E-state index in [1.807, 2.05) is 0 Å². The van der Waals surface area contributed by atoms with Crippen LogP contribution in [0.4, 0.5) is 13.2 Å². The number of amidine groups is 1. The SMILES string of the molecule is N=C(N)c1cccc(OCCNC(=O)c2ccc(OC3CCCCC3)cc2OC(=O)C(F)(F)F)c1. The van der Waals surface area contributed by atoms with Gasteiger partial charge in [0, 0.05) is 11.6 Å². The van der Waals surface area contributed by atoms with Crippen molar-refractivity contribution >= 4 is 17.7 Å². The fraction of sp³-hybridized carbons (Fsp3) is 0.375. The molecule has 35 heavy (non-hydrogen) atoms. The summed E-state index contributed by atoms with van der Waals surface area (Å²) in [5.74, 6) is -3.22. The number of carbonyl (C=O) groups excluding carboxylic acids is 2. The molecule has 1 aliphatic rings. The van der Waals surface area contributed by atoms with Crippen LogP contribution < -0.4 is 25.3 Å². The lowest BCUT2D eigenvalue weighted by atomic mass is 9.98. The highest BCUT2D eigenvalue weighted by molar-refractivity contribution is 5.98. The first-order valence-corrected chi connectivity index (χ1v) is 11.1. The average Bonchev–Trinajstić information content (AvgIpc) is 2.82. The highest BCUT2D eigenvalue weighted by Crippen LogP contribution is 2.30. The molecule has 2 aromatic carbocycles. The van der Waals surface area contributed by atoms with Crippen LogP contribution in [0.25, 0.3) is 0 Å². The summed E-state index contributed by atoms with van der Waals surface area (Å²) >= 11 is 0. The van der Waals surface area contributed by atoms with Gasteiger partial charge >= 0.3 is 12.1 Å². The second-order valence-corrected chi connectivity index (χ2v) is 7.97. The Hall–Kier alpha value is -3.76. The third-order valence-corrected chi connectivity index (χ3v) is 5.29. The number of hydrogen-bond donors (Lipinski definition) is 3. The number of ether oxygens (including phenoxy) is 3. The molecule has 1 saturated carbocycles. The Kier molecular flexibility index (Phi) is 8.56. The molecule has 0 atom stereocenters. The summed E-state index contributed by atoms with van der Waals surface area (Å²) < 4.78 is 54.2. The molecule has 4 N–H and O–H groups in total. The van der Waals surface area contributed by atoms with Crippen LogP contribution in [0, 0.1) is 5.41 Å². The molecule has 3 rings (SSSR count). The molecule has 0 aromatic heterocycles. The average molecular weight is 493 g/mol. The highest BCUT2D eigenvalue weighted by atomic mass is 19.4. The lowest BCUT2D eigenvalue weighted by Gasteiger charge is -2.23. The summed E-state index contributed by atoms with van der Waals surface area (Å²) in [6, 6.07) is 10.3. The zero-order valence-electron chi connectivity index (χ0n) is 18.8. The molecular formula is C24H26F3N3O5. The molecule has 11 heteroatoms. The summed E-state index contributed by atoms with van der Waals surface area (Å²) in [4.78, 5) is 24.1. The van der Waals surface area contributed by atoms with Gasteiger partial charge in [0.25, 0.3) is 5.91 Å². The van der Waals surface area contributed by atoms with Gasteiger partial charge in [-0.25, -0.2) is 4.79 Å². The van der Waals surface area contributed by atoms with Crippen molar-refractivity contribution in [3.63, 3.8) is 0 Å². The van der Waals surface area contributed by atoms with Gasteiger partial charge in [0.2, 0.25) is 0 Å². The van der Waals surface area contributed by atoms with Gasteiger partial charge in [-0.2, -0.15) is 13.2 Å². The molecular weight excluding hydrogens is 467 g/mol. The highest BCUT2D eigenvalue weighted by Gasteiger charge is 2.42. The summed E-state index contributed by atoms with van der Waals surface area (Å²) in [5, 5.41) is 9.96. The number of alkyl halides is 3. The Balaban J connectivity index is 1.66. The van der Waals surface area contributed by atoms with E-state index in [1.165, 1.54) is 12.1 Å². The van der Waals surface area contributed by atoms with E-state index < -0.39 is 23.8 Å². The Morgan fingerprint density at radius 1 is 1.06 bits per heavy atom. The van der Waals surface area contributed by atoms with Gasteiger partial charge in [-0.15, -0.1) is 0 Å². The number of nitrogens with one attached hydrogen (secondary N) is 2. The van der Waals surface area contributed by atoms with E-state index in [0.29, 0.717) is 11.3 Å². The number of benzene rings is 2. The number of rotatable bonds is 9. The Morgan fingerprint density at radius 3 is 2.49 bits per heavy atom. The third kappa shape index (κ3) is 7.62. The third-order valence-electron chi connectivity index (χ3n) is 5.29. The molecule has 2 aromatic rings. The van der Waals surface area contributed by atoms with Crippen molar-refractivity contribution in [2.45, 2.75) is 44.4 Å². The Morgan fingerprint density at radius 2 is 1.80 bits per heavy atom. The van der Waals surface area contributed by atoms with Gasteiger partial charge in [0.05, 0.1) is 18.2 Å². The van der Waals surface area contributed by atoms with Crippen LogP contribution in [-0.2, 0) is 4.79 Å². The van der Waals surface area contributed by atoms with Gasteiger partial charge in [-0.1, -0.05) is 18.6 Å². The Labute approximate surface area is 200 Å². The molecule has 188 valence electrons. The summed E-state index contributed by atoms with van der Waals surface area (Å²) in [6.07, 6.45) is -0.613. The molecule has 0 radical (unpaired) electrons. The van der Waals surface area contributed by atoms with Crippen LogP contribution >= 0.6 is 0 Å². The predicted molar refractivity (Wildman–Crippen MR) is 121 cm³/mol. The van der Waals surface area contributed by atoms with E-state index in [-0.39, 0.29) is 36.4 Å². The maximum atomic E-state index is 12.8. The molecule has 0 bridgehead atoms. The minimum atomic E-state index is -5.23. The number of nitrogens with two attached hydrogens (primary N) is 1.